The van der Waals surface area contributed by atoms with Crippen molar-refractivity contribution in [1.29, 1.82) is 0 Å². The first-order valence-electron chi connectivity index (χ1n) is 9.17. The van der Waals surface area contributed by atoms with Crippen LogP contribution in [0.1, 0.15) is 25.7 Å². The van der Waals surface area contributed by atoms with Crippen LogP contribution in [0.4, 0.5) is 5.82 Å². The van der Waals surface area contributed by atoms with E-state index in [2.05, 4.69) is 25.9 Å². The number of guanidine groups is 1. The van der Waals surface area contributed by atoms with Crippen LogP contribution in [0.2, 0.25) is 0 Å². The van der Waals surface area contributed by atoms with Gasteiger partial charge in [0, 0.05) is 46.1 Å². The van der Waals surface area contributed by atoms with E-state index in [1.165, 1.54) is 0 Å². The highest BCUT2D eigenvalue weighted by atomic mass is 16.5. The third-order valence-electron chi connectivity index (χ3n) is 3.95. The van der Waals surface area contributed by atoms with Crippen LogP contribution < -0.4 is 16.0 Å². The molecule has 7 heteroatoms. The Hall–Kier alpha value is -1.86. The van der Waals surface area contributed by atoms with Crippen molar-refractivity contribution in [3.8, 4) is 0 Å². The van der Waals surface area contributed by atoms with Gasteiger partial charge in [-0.1, -0.05) is 6.07 Å². The highest BCUT2D eigenvalue weighted by molar-refractivity contribution is 5.79. The van der Waals surface area contributed by atoms with Crippen LogP contribution in [-0.4, -0.2) is 63.6 Å². The van der Waals surface area contributed by atoms with Gasteiger partial charge in [-0.15, -0.1) is 0 Å². The predicted octanol–water partition coefficient (Wildman–Crippen LogP) is 1.63. The maximum Gasteiger partial charge on any atom is 0.190 e. The Kier molecular flexibility index (Phi) is 9.73. The number of hydrogen-bond donors (Lipinski definition) is 3. The van der Waals surface area contributed by atoms with E-state index in [-0.39, 0.29) is 6.10 Å². The van der Waals surface area contributed by atoms with Crippen molar-refractivity contribution < 1.29 is 9.47 Å². The van der Waals surface area contributed by atoms with Crippen LogP contribution in [0.3, 0.4) is 0 Å². The van der Waals surface area contributed by atoms with Gasteiger partial charge >= 0.3 is 0 Å². The van der Waals surface area contributed by atoms with Gasteiger partial charge in [0.2, 0.25) is 0 Å². The van der Waals surface area contributed by atoms with E-state index in [0.29, 0.717) is 0 Å². The van der Waals surface area contributed by atoms with Crippen LogP contribution in [0.5, 0.6) is 0 Å². The van der Waals surface area contributed by atoms with Crippen molar-refractivity contribution in [2.45, 2.75) is 31.8 Å². The van der Waals surface area contributed by atoms with Gasteiger partial charge in [-0.05, 0) is 37.8 Å². The topological polar surface area (TPSA) is 79.8 Å². The summed E-state index contributed by atoms with van der Waals surface area (Å²) in [4.78, 5) is 8.48. The molecule has 0 aliphatic carbocycles. The molecule has 0 saturated carbocycles. The lowest BCUT2D eigenvalue weighted by Gasteiger charge is -2.13. The Balaban J connectivity index is 1.42. The second-order valence-electron chi connectivity index (χ2n) is 5.98. The molecule has 1 aliphatic heterocycles. The number of nitrogens with one attached hydrogen (secondary N) is 3. The lowest BCUT2D eigenvalue weighted by Crippen LogP contribution is -2.38. The second kappa shape index (κ2) is 12.5. The van der Waals surface area contributed by atoms with Gasteiger partial charge in [0.25, 0.3) is 0 Å². The molecule has 0 aromatic carbocycles. The van der Waals surface area contributed by atoms with E-state index >= 15 is 0 Å². The number of nitrogens with zero attached hydrogens (tertiary/aromatic N) is 2. The van der Waals surface area contributed by atoms with Gasteiger partial charge in [-0.2, -0.15) is 0 Å². The lowest BCUT2D eigenvalue weighted by atomic mass is 10.3. The second-order valence-corrected chi connectivity index (χ2v) is 5.98. The molecule has 140 valence electrons. The molecule has 1 fully saturated rings. The fraction of sp³-hybridized carbons (Fsp3) is 0.667. The van der Waals surface area contributed by atoms with Crippen molar-refractivity contribution in [2.75, 3.05) is 51.8 Å². The summed E-state index contributed by atoms with van der Waals surface area (Å²) in [5, 5.41) is 9.96. The summed E-state index contributed by atoms with van der Waals surface area (Å²) in [6, 6.07) is 5.88. The van der Waals surface area contributed by atoms with Gasteiger partial charge in [0.15, 0.2) is 5.96 Å². The third-order valence-corrected chi connectivity index (χ3v) is 3.95. The summed E-state index contributed by atoms with van der Waals surface area (Å²) in [6.07, 6.45) is 6.23. The largest absolute Gasteiger partial charge is 0.379 e. The maximum atomic E-state index is 5.74. The lowest BCUT2D eigenvalue weighted by molar-refractivity contribution is 0.0420. The number of aromatic nitrogens is 1. The Labute approximate surface area is 150 Å². The number of anilines is 1. The molecule has 2 rings (SSSR count). The Morgan fingerprint density at radius 3 is 2.80 bits per heavy atom. The molecule has 1 aromatic heterocycles. The van der Waals surface area contributed by atoms with E-state index in [9.17, 15) is 0 Å². The highest BCUT2D eigenvalue weighted by Gasteiger charge is 2.15. The first-order chi connectivity index (χ1) is 12.4. The summed E-state index contributed by atoms with van der Waals surface area (Å²) in [5.41, 5.74) is 0. The number of unbranched alkanes of at least 4 members (excludes halogenated alkanes) is 1. The van der Waals surface area contributed by atoms with Crippen molar-refractivity contribution >= 4 is 11.8 Å². The smallest absolute Gasteiger partial charge is 0.190 e. The highest BCUT2D eigenvalue weighted by Crippen LogP contribution is 2.07. The normalized spacial score (nSPS) is 17.5. The zero-order valence-corrected chi connectivity index (χ0v) is 15.2. The standard InChI is InChI=1S/C18H31N5O2/c1-19-18(23-12-6-13-25-16-8-14-24-15-16)22-11-5-4-10-21-17-7-2-3-9-20-17/h2-3,7,9,16H,4-6,8,10-15H2,1H3,(H,20,21)(H2,19,22,23). The van der Waals surface area contributed by atoms with Crippen LogP contribution in [0.25, 0.3) is 0 Å². The van der Waals surface area contributed by atoms with Gasteiger partial charge in [0.1, 0.15) is 5.82 Å². The Morgan fingerprint density at radius 1 is 1.24 bits per heavy atom. The fourth-order valence-electron chi connectivity index (χ4n) is 2.53. The summed E-state index contributed by atoms with van der Waals surface area (Å²) in [7, 11) is 1.80. The Bertz CT molecular complexity index is 478. The summed E-state index contributed by atoms with van der Waals surface area (Å²) in [6.45, 7) is 5.01. The number of hydrogen-bond acceptors (Lipinski definition) is 5. The quantitative estimate of drug-likeness (QED) is 0.320. The monoisotopic (exact) mass is 349 g/mol. The van der Waals surface area contributed by atoms with E-state index in [4.69, 9.17) is 9.47 Å². The number of pyridine rings is 1. The number of aliphatic imine (C=N–C) groups is 1. The Morgan fingerprint density at radius 2 is 2.08 bits per heavy atom. The average Bonchev–Trinajstić information content (AvgIpc) is 3.17. The molecule has 0 radical (unpaired) electrons. The first-order valence-corrected chi connectivity index (χ1v) is 9.17. The SMILES string of the molecule is CN=C(NCCCCNc1ccccn1)NCCCOC1CCOC1. The molecule has 0 bridgehead atoms. The fourth-order valence-corrected chi connectivity index (χ4v) is 2.53. The average molecular weight is 349 g/mol. The number of ether oxygens (including phenoxy) is 2. The van der Waals surface area contributed by atoms with E-state index in [1.54, 1.807) is 13.2 Å². The van der Waals surface area contributed by atoms with Crippen molar-refractivity contribution in [2.24, 2.45) is 4.99 Å². The molecule has 0 amide bonds. The van der Waals surface area contributed by atoms with Gasteiger partial charge in [0.05, 0.1) is 12.7 Å². The van der Waals surface area contributed by atoms with Crippen LogP contribution in [-0.2, 0) is 9.47 Å². The molecular formula is C18H31N5O2. The molecule has 1 unspecified atom stereocenters. The first kappa shape index (κ1) is 19.5. The maximum absolute atomic E-state index is 5.74. The summed E-state index contributed by atoms with van der Waals surface area (Å²) >= 11 is 0. The molecule has 0 spiro atoms. The number of rotatable bonds is 11. The molecule has 7 nitrogen and oxygen atoms in total. The molecular weight excluding hydrogens is 318 g/mol. The van der Waals surface area contributed by atoms with E-state index < -0.39 is 0 Å². The molecule has 1 atom stereocenters. The van der Waals surface area contributed by atoms with Crippen LogP contribution >= 0.6 is 0 Å². The summed E-state index contributed by atoms with van der Waals surface area (Å²) in [5.74, 6) is 1.78. The molecule has 1 saturated heterocycles. The zero-order chi connectivity index (χ0) is 17.6. The van der Waals surface area contributed by atoms with Gasteiger partial charge in [-0.3, -0.25) is 4.99 Å². The zero-order valence-electron chi connectivity index (χ0n) is 15.2. The minimum atomic E-state index is 0.289. The van der Waals surface area contributed by atoms with Crippen molar-refractivity contribution in [1.82, 2.24) is 15.6 Å². The molecule has 2 heterocycles. The van der Waals surface area contributed by atoms with Gasteiger partial charge < -0.3 is 25.4 Å². The van der Waals surface area contributed by atoms with Crippen LogP contribution in [0.15, 0.2) is 29.4 Å². The van der Waals surface area contributed by atoms with Crippen LogP contribution in [0, 0.1) is 0 Å². The predicted molar refractivity (Wildman–Crippen MR) is 101 cm³/mol. The molecule has 25 heavy (non-hydrogen) atoms. The van der Waals surface area contributed by atoms with E-state index in [1.807, 2.05) is 18.2 Å². The molecule has 3 N–H and O–H groups in total. The van der Waals surface area contributed by atoms with Crippen molar-refractivity contribution in [3.63, 3.8) is 0 Å². The molecule has 1 aromatic rings. The molecule has 1 aliphatic rings. The summed E-state index contributed by atoms with van der Waals surface area (Å²) < 4.78 is 11.0. The van der Waals surface area contributed by atoms with Crippen molar-refractivity contribution in [3.05, 3.63) is 24.4 Å². The minimum absolute atomic E-state index is 0.289. The minimum Gasteiger partial charge on any atom is -0.379 e. The van der Waals surface area contributed by atoms with E-state index in [0.717, 1.165) is 76.9 Å². The van der Waals surface area contributed by atoms with Gasteiger partial charge in [-0.25, -0.2) is 4.98 Å². The third kappa shape index (κ3) is 8.69.